The molecule has 1 aromatic carbocycles. The van der Waals surface area contributed by atoms with Crippen molar-refractivity contribution in [2.24, 2.45) is 5.41 Å². The second-order valence-electron chi connectivity index (χ2n) is 6.06. The smallest absolute Gasteiger partial charge is 0.147 e. The van der Waals surface area contributed by atoms with Gasteiger partial charge in [0.25, 0.3) is 0 Å². The van der Waals surface area contributed by atoms with Gasteiger partial charge >= 0.3 is 0 Å². The summed E-state index contributed by atoms with van der Waals surface area (Å²) in [5.74, 6) is 0. The van der Waals surface area contributed by atoms with E-state index in [9.17, 15) is 9.47 Å². The Morgan fingerprint density at radius 1 is 1.36 bits per heavy atom. The minimum absolute atomic E-state index is 0.0374. The summed E-state index contributed by atoms with van der Waals surface area (Å²) in [5, 5.41) is 9.20. The molecule has 4 nitrogen and oxygen atoms in total. The van der Waals surface area contributed by atoms with Crippen LogP contribution in [-0.2, 0) is 20.3 Å². The van der Waals surface area contributed by atoms with Crippen molar-refractivity contribution in [1.29, 1.82) is 5.26 Å². The summed E-state index contributed by atoms with van der Waals surface area (Å²) in [6, 6.07) is 9.72. The summed E-state index contributed by atoms with van der Waals surface area (Å²) >= 11 is 6.60. The van der Waals surface area contributed by atoms with Crippen molar-refractivity contribution in [1.82, 2.24) is 0 Å². The molecule has 1 saturated carbocycles. The predicted octanol–water partition coefficient (Wildman–Crippen LogP) is 3.10. The quantitative estimate of drug-likeness (QED) is 0.791. The van der Waals surface area contributed by atoms with Gasteiger partial charge in [-0.1, -0.05) is 17.7 Å². The summed E-state index contributed by atoms with van der Waals surface area (Å²) in [6.07, 6.45) is 1.43. The molecule has 1 saturated heterocycles. The Labute approximate surface area is 137 Å². The molecule has 0 N–H and O–H groups in total. The average Bonchev–Trinajstić information content (AvgIpc) is 3.06. The number of fused-ring (bicyclic) bond motifs is 1. The molecule has 1 aromatic rings. The van der Waals surface area contributed by atoms with Crippen LogP contribution in [-0.4, -0.2) is 27.9 Å². The fourth-order valence-electron chi connectivity index (χ4n) is 3.28. The Balaban J connectivity index is 1.84. The van der Waals surface area contributed by atoms with Gasteiger partial charge in [0.1, 0.15) is 11.5 Å². The van der Waals surface area contributed by atoms with Gasteiger partial charge in [-0.25, -0.2) is 0 Å². The Hall–Kier alpha value is -0.930. The number of nitriles is 1. The van der Waals surface area contributed by atoms with E-state index in [4.69, 9.17) is 21.1 Å². The van der Waals surface area contributed by atoms with E-state index in [0.29, 0.717) is 24.5 Å². The molecule has 22 heavy (non-hydrogen) atoms. The van der Waals surface area contributed by atoms with Crippen LogP contribution in [0.4, 0.5) is 0 Å². The molecule has 0 bridgehead atoms. The van der Waals surface area contributed by atoms with E-state index in [1.54, 1.807) is 0 Å². The zero-order chi connectivity index (χ0) is 15.7. The molecule has 2 aliphatic rings. The lowest BCUT2D eigenvalue weighted by Gasteiger charge is -2.31. The van der Waals surface area contributed by atoms with Gasteiger partial charge in [-0.3, -0.25) is 4.21 Å². The minimum atomic E-state index is -1.37. The number of nitrogens with zero attached hydrogens (tertiary/aromatic N) is 1. The third-order valence-electron chi connectivity index (χ3n) is 4.55. The molecular weight excluding hydrogens is 322 g/mol. The van der Waals surface area contributed by atoms with Gasteiger partial charge in [0.15, 0.2) is 0 Å². The maximum atomic E-state index is 12.8. The van der Waals surface area contributed by atoms with Crippen LogP contribution in [0.15, 0.2) is 29.2 Å². The number of alkyl halides is 1. The molecule has 4 atom stereocenters. The molecule has 6 heteroatoms. The summed E-state index contributed by atoms with van der Waals surface area (Å²) in [6.45, 7) is 2.28. The van der Waals surface area contributed by atoms with Crippen LogP contribution in [0.1, 0.15) is 24.8 Å². The van der Waals surface area contributed by atoms with E-state index in [1.165, 1.54) is 0 Å². The van der Waals surface area contributed by atoms with Gasteiger partial charge < -0.3 is 9.47 Å². The van der Waals surface area contributed by atoms with E-state index in [1.807, 2.05) is 31.2 Å². The summed E-state index contributed by atoms with van der Waals surface area (Å²) in [7, 11) is -1.37. The van der Waals surface area contributed by atoms with Crippen LogP contribution >= 0.6 is 11.6 Å². The average molecular weight is 340 g/mol. The number of aryl methyl sites for hydroxylation is 1. The highest BCUT2D eigenvalue weighted by molar-refractivity contribution is 7.87. The zero-order valence-corrected chi connectivity index (χ0v) is 13.9. The maximum absolute atomic E-state index is 12.8. The Morgan fingerprint density at radius 3 is 2.50 bits per heavy atom. The number of rotatable bonds is 4. The first-order valence-electron chi connectivity index (χ1n) is 7.27. The fraction of sp³-hybridized carbons (Fsp3) is 0.562. The lowest BCUT2D eigenvalue weighted by atomic mass is 9.85. The topological polar surface area (TPSA) is 59.3 Å². The summed E-state index contributed by atoms with van der Waals surface area (Å²) in [4.78, 5) is 0.696. The van der Waals surface area contributed by atoms with E-state index in [2.05, 4.69) is 6.07 Å². The third kappa shape index (κ3) is 2.81. The van der Waals surface area contributed by atoms with Crippen molar-refractivity contribution >= 4 is 22.4 Å². The van der Waals surface area contributed by atoms with E-state index >= 15 is 0 Å². The SMILES string of the molecule is Cc1ccc(S(=O)C(Cl)C2(CC#N)CC3OCOC3C2)cc1. The van der Waals surface area contributed by atoms with Crippen LogP contribution in [0.5, 0.6) is 0 Å². The second kappa shape index (κ2) is 6.29. The van der Waals surface area contributed by atoms with Crippen molar-refractivity contribution in [2.45, 2.75) is 48.0 Å². The molecular formula is C16H18ClNO3S. The van der Waals surface area contributed by atoms with Gasteiger partial charge in [0.2, 0.25) is 0 Å². The number of benzene rings is 1. The molecule has 1 aliphatic carbocycles. The normalized spacial score (nSPS) is 33.1. The Bertz CT molecular complexity index is 601. The van der Waals surface area contributed by atoms with Gasteiger partial charge in [-0.05, 0) is 31.9 Å². The maximum Gasteiger partial charge on any atom is 0.147 e. The largest absolute Gasteiger partial charge is 0.349 e. The zero-order valence-electron chi connectivity index (χ0n) is 12.3. The van der Waals surface area contributed by atoms with Crippen LogP contribution in [0.25, 0.3) is 0 Å². The first-order chi connectivity index (χ1) is 10.6. The number of hydrogen-bond acceptors (Lipinski definition) is 4. The predicted molar refractivity (Wildman–Crippen MR) is 83.7 cm³/mol. The highest BCUT2D eigenvalue weighted by Gasteiger charge is 2.54. The van der Waals surface area contributed by atoms with E-state index in [0.717, 1.165) is 5.56 Å². The Morgan fingerprint density at radius 2 is 1.95 bits per heavy atom. The standard InChI is InChI=1S/C16H18ClNO3S/c1-11-2-4-12(5-3-11)22(19)15(17)16(6-7-18)8-13-14(9-16)21-10-20-13/h2-5,13-15H,6,8-10H2,1H3. The molecule has 1 heterocycles. The van der Waals surface area contributed by atoms with Crippen molar-refractivity contribution in [3.63, 3.8) is 0 Å². The van der Waals surface area contributed by atoms with E-state index in [-0.39, 0.29) is 18.6 Å². The lowest BCUT2D eigenvalue weighted by Crippen LogP contribution is -2.33. The Kier molecular flexibility index (Phi) is 4.56. The highest BCUT2D eigenvalue weighted by atomic mass is 35.5. The molecule has 0 radical (unpaired) electrons. The molecule has 1 aliphatic heterocycles. The van der Waals surface area contributed by atoms with Gasteiger partial charge in [-0.15, -0.1) is 11.6 Å². The van der Waals surface area contributed by atoms with Crippen LogP contribution in [0.3, 0.4) is 0 Å². The van der Waals surface area contributed by atoms with Crippen molar-refractivity contribution in [3.05, 3.63) is 29.8 Å². The second-order valence-corrected chi connectivity index (χ2v) is 8.29. The molecule has 0 spiro atoms. The molecule has 3 rings (SSSR count). The highest BCUT2D eigenvalue weighted by Crippen LogP contribution is 2.51. The van der Waals surface area contributed by atoms with Gasteiger partial charge in [0, 0.05) is 16.7 Å². The molecule has 4 unspecified atom stereocenters. The van der Waals surface area contributed by atoms with Crippen LogP contribution < -0.4 is 0 Å². The molecule has 118 valence electrons. The van der Waals surface area contributed by atoms with Crippen molar-refractivity contribution in [2.75, 3.05) is 6.79 Å². The van der Waals surface area contributed by atoms with Crippen LogP contribution in [0, 0.1) is 23.7 Å². The third-order valence-corrected chi connectivity index (χ3v) is 7.11. The molecule has 0 amide bonds. The van der Waals surface area contributed by atoms with Crippen molar-refractivity contribution in [3.8, 4) is 6.07 Å². The summed E-state index contributed by atoms with van der Waals surface area (Å²) in [5.41, 5.74) is 0.581. The lowest BCUT2D eigenvalue weighted by molar-refractivity contribution is 0.0111. The monoisotopic (exact) mass is 339 g/mol. The van der Waals surface area contributed by atoms with Crippen LogP contribution in [0.2, 0.25) is 0 Å². The van der Waals surface area contributed by atoms with E-state index < -0.39 is 20.9 Å². The summed E-state index contributed by atoms with van der Waals surface area (Å²) < 4.78 is 23.3. The minimum Gasteiger partial charge on any atom is -0.349 e. The van der Waals surface area contributed by atoms with Gasteiger partial charge in [0.05, 0.1) is 29.1 Å². The van der Waals surface area contributed by atoms with Crippen molar-refractivity contribution < 1.29 is 13.7 Å². The molecule has 2 fully saturated rings. The van der Waals surface area contributed by atoms with Gasteiger partial charge in [-0.2, -0.15) is 5.26 Å². The molecule has 0 aromatic heterocycles. The number of hydrogen-bond donors (Lipinski definition) is 0. The number of halogens is 1. The first-order valence-corrected chi connectivity index (χ1v) is 8.92. The fourth-order valence-corrected chi connectivity index (χ4v) is 5.22. The first kappa shape index (κ1) is 15.9. The number of ether oxygens (including phenoxy) is 2.